The zero-order valence-electron chi connectivity index (χ0n) is 14.3. The summed E-state index contributed by atoms with van der Waals surface area (Å²) in [5.74, 6) is -0.414. The first-order valence-corrected chi connectivity index (χ1v) is 8.78. The molecule has 0 spiro atoms. The Balaban J connectivity index is 1.39. The molecule has 0 saturated carbocycles. The average Bonchev–Trinajstić information content (AvgIpc) is 3.17. The molecule has 0 unspecified atom stereocenters. The molecule has 136 valence electrons. The molecule has 1 aromatic rings. The summed E-state index contributed by atoms with van der Waals surface area (Å²) < 4.78 is 19.1. The normalized spacial score (nSPS) is 17.9. The topological polar surface area (TPSA) is 53.1 Å². The monoisotopic (exact) mass is 349 g/mol. The number of para-hydroxylation sites is 1. The molecule has 2 saturated heterocycles. The van der Waals surface area contributed by atoms with Gasteiger partial charge in [-0.1, -0.05) is 12.1 Å². The highest BCUT2D eigenvalue weighted by molar-refractivity contribution is 5.80. The molecule has 1 aromatic carbocycles. The van der Waals surface area contributed by atoms with Crippen LogP contribution in [0.4, 0.5) is 10.1 Å². The van der Waals surface area contributed by atoms with E-state index in [-0.39, 0.29) is 30.8 Å². The zero-order valence-corrected chi connectivity index (χ0v) is 14.3. The molecule has 2 heterocycles. The number of carbonyl (C=O) groups excluding carboxylic acids is 2. The van der Waals surface area contributed by atoms with E-state index in [1.165, 1.54) is 6.07 Å². The first-order valence-electron chi connectivity index (χ1n) is 8.78. The third kappa shape index (κ3) is 4.48. The van der Waals surface area contributed by atoms with E-state index in [2.05, 4.69) is 0 Å². The molecule has 2 aliphatic heterocycles. The van der Waals surface area contributed by atoms with Crippen molar-refractivity contribution < 1.29 is 18.7 Å². The van der Waals surface area contributed by atoms with Crippen molar-refractivity contribution in [2.45, 2.75) is 12.8 Å². The lowest BCUT2D eigenvalue weighted by atomic mass is 10.2. The van der Waals surface area contributed by atoms with E-state index in [0.717, 1.165) is 25.9 Å². The first kappa shape index (κ1) is 17.7. The summed E-state index contributed by atoms with van der Waals surface area (Å²) in [6, 6.07) is 6.67. The van der Waals surface area contributed by atoms with Crippen molar-refractivity contribution in [3.05, 3.63) is 30.1 Å². The minimum Gasteiger partial charge on any atom is -0.366 e. The van der Waals surface area contributed by atoms with E-state index in [0.29, 0.717) is 31.9 Å². The molecule has 0 aliphatic carbocycles. The lowest BCUT2D eigenvalue weighted by Gasteiger charge is -2.36. The fourth-order valence-electron chi connectivity index (χ4n) is 3.28. The van der Waals surface area contributed by atoms with Crippen LogP contribution in [0.3, 0.4) is 0 Å². The van der Waals surface area contributed by atoms with Gasteiger partial charge in [0.25, 0.3) is 0 Å². The van der Waals surface area contributed by atoms with Gasteiger partial charge in [0.2, 0.25) is 11.8 Å². The molecule has 2 fully saturated rings. The number of carbonyl (C=O) groups is 2. The van der Waals surface area contributed by atoms with Crippen LogP contribution in [0.5, 0.6) is 0 Å². The minimum atomic E-state index is -0.244. The maximum absolute atomic E-state index is 13.8. The van der Waals surface area contributed by atoms with Gasteiger partial charge in [-0.15, -0.1) is 0 Å². The van der Waals surface area contributed by atoms with Crippen molar-refractivity contribution in [1.82, 2.24) is 9.80 Å². The summed E-state index contributed by atoms with van der Waals surface area (Å²) in [7, 11) is 0. The SMILES string of the molecule is O=C(COCC(=O)N1CCN(c2ccccc2F)CC1)N1CCCC1. The summed E-state index contributed by atoms with van der Waals surface area (Å²) in [5, 5.41) is 0. The van der Waals surface area contributed by atoms with Gasteiger partial charge in [0.15, 0.2) is 0 Å². The molecule has 0 aromatic heterocycles. The standard InChI is InChI=1S/C18H24FN3O3/c19-15-5-1-2-6-16(15)20-9-11-22(12-10-20)18(24)14-25-13-17(23)21-7-3-4-8-21/h1-2,5-6H,3-4,7-14H2. The molecule has 25 heavy (non-hydrogen) atoms. The van der Waals surface area contributed by atoms with Crippen LogP contribution in [0.15, 0.2) is 24.3 Å². The molecule has 2 amide bonds. The number of rotatable bonds is 5. The smallest absolute Gasteiger partial charge is 0.248 e. The number of anilines is 1. The molecule has 2 aliphatic rings. The van der Waals surface area contributed by atoms with Gasteiger partial charge in [-0.3, -0.25) is 9.59 Å². The Kier molecular flexibility index (Phi) is 5.86. The van der Waals surface area contributed by atoms with Crippen LogP contribution in [0.25, 0.3) is 0 Å². The summed E-state index contributed by atoms with van der Waals surface area (Å²) in [5.41, 5.74) is 0.571. The Bertz CT molecular complexity index is 611. The van der Waals surface area contributed by atoms with Crippen LogP contribution >= 0.6 is 0 Å². The Morgan fingerprint density at radius 2 is 1.44 bits per heavy atom. The van der Waals surface area contributed by atoms with Gasteiger partial charge in [-0.2, -0.15) is 0 Å². The van der Waals surface area contributed by atoms with Crippen LogP contribution in [0, 0.1) is 5.82 Å². The minimum absolute atomic E-state index is 0.0407. The van der Waals surface area contributed by atoms with Gasteiger partial charge in [0, 0.05) is 39.3 Å². The van der Waals surface area contributed by atoms with E-state index in [1.54, 1.807) is 28.0 Å². The summed E-state index contributed by atoms with van der Waals surface area (Å²) in [4.78, 5) is 29.5. The number of amides is 2. The average molecular weight is 349 g/mol. The molecule has 0 radical (unpaired) electrons. The van der Waals surface area contributed by atoms with Gasteiger partial charge in [0.05, 0.1) is 5.69 Å². The molecule has 0 bridgehead atoms. The Hall–Kier alpha value is -2.15. The van der Waals surface area contributed by atoms with E-state index < -0.39 is 0 Å². The molecule has 7 heteroatoms. The maximum atomic E-state index is 13.8. The van der Waals surface area contributed by atoms with E-state index in [1.807, 2.05) is 4.90 Å². The van der Waals surface area contributed by atoms with Crippen molar-refractivity contribution in [1.29, 1.82) is 0 Å². The molecule has 0 atom stereocenters. The number of benzene rings is 1. The second-order valence-electron chi connectivity index (χ2n) is 6.40. The highest BCUT2D eigenvalue weighted by atomic mass is 19.1. The van der Waals surface area contributed by atoms with Crippen molar-refractivity contribution in [2.75, 3.05) is 57.4 Å². The van der Waals surface area contributed by atoms with E-state index in [4.69, 9.17) is 4.74 Å². The fourth-order valence-corrected chi connectivity index (χ4v) is 3.28. The molecule has 6 nitrogen and oxygen atoms in total. The van der Waals surface area contributed by atoms with Gasteiger partial charge in [-0.25, -0.2) is 4.39 Å². The van der Waals surface area contributed by atoms with E-state index in [9.17, 15) is 14.0 Å². The third-order valence-corrected chi connectivity index (χ3v) is 4.74. The molecular formula is C18H24FN3O3. The van der Waals surface area contributed by atoms with Gasteiger partial charge in [0.1, 0.15) is 19.0 Å². The molecular weight excluding hydrogens is 325 g/mol. The molecule has 0 N–H and O–H groups in total. The van der Waals surface area contributed by atoms with E-state index >= 15 is 0 Å². The predicted molar refractivity (Wildman–Crippen MR) is 91.8 cm³/mol. The summed E-state index contributed by atoms with van der Waals surface area (Å²) in [6.45, 7) is 3.66. The molecule has 3 rings (SSSR count). The van der Waals surface area contributed by atoms with Crippen molar-refractivity contribution in [2.24, 2.45) is 0 Å². The number of piperazine rings is 1. The number of likely N-dealkylation sites (tertiary alicyclic amines) is 1. The number of nitrogens with zero attached hydrogens (tertiary/aromatic N) is 3. The second kappa shape index (κ2) is 8.29. The number of hydrogen-bond donors (Lipinski definition) is 0. The lowest BCUT2D eigenvalue weighted by molar-refractivity contribution is -0.141. The Morgan fingerprint density at radius 1 is 0.880 bits per heavy atom. The largest absolute Gasteiger partial charge is 0.366 e. The highest BCUT2D eigenvalue weighted by Crippen LogP contribution is 2.20. The third-order valence-electron chi connectivity index (χ3n) is 4.74. The van der Waals surface area contributed by atoms with Gasteiger partial charge < -0.3 is 19.4 Å². The van der Waals surface area contributed by atoms with Crippen LogP contribution in [0.1, 0.15) is 12.8 Å². The number of ether oxygens (including phenoxy) is 1. The van der Waals surface area contributed by atoms with Crippen LogP contribution in [-0.4, -0.2) is 74.1 Å². The quantitative estimate of drug-likeness (QED) is 0.799. The zero-order chi connectivity index (χ0) is 17.6. The van der Waals surface area contributed by atoms with Gasteiger partial charge in [-0.05, 0) is 25.0 Å². The highest BCUT2D eigenvalue weighted by Gasteiger charge is 2.23. The van der Waals surface area contributed by atoms with Crippen molar-refractivity contribution in [3.63, 3.8) is 0 Å². The maximum Gasteiger partial charge on any atom is 0.248 e. The Morgan fingerprint density at radius 3 is 2.04 bits per heavy atom. The van der Waals surface area contributed by atoms with Crippen LogP contribution < -0.4 is 4.90 Å². The lowest BCUT2D eigenvalue weighted by Crippen LogP contribution is -2.50. The van der Waals surface area contributed by atoms with Crippen molar-refractivity contribution in [3.8, 4) is 0 Å². The van der Waals surface area contributed by atoms with Crippen LogP contribution in [-0.2, 0) is 14.3 Å². The number of halogens is 1. The second-order valence-corrected chi connectivity index (χ2v) is 6.40. The number of hydrogen-bond acceptors (Lipinski definition) is 4. The first-order chi connectivity index (χ1) is 12.1. The fraction of sp³-hybridized carbons (Fsp3) is 0.556. The van der Waals surface area contributed by atoms with Crippen molar-refractivity contribution >= 4 is 17.5 Å². The Labute approximate surface area is 147 Å². The summed E-state index contributed by atoms with van der Waals surface area (Å²) in [6.07, 6.45) is 2.08. The predicted octanol–water partition coefficient (Wildman–Crippen LogP) is 1.11. The van der Waals surface area contributed by atoms with Gasteiger partial charge >= 0.3 is 0 Å². The summed E-state index contributed by atoms with van der Waals surface area (Å²) >= 11 is 0. The van der Waals surface area contributed by atoms with Crippen LogP contribution in [0.2, 0.25) is 0 Å².